The molecule has 0 aromatic carbocycles. The molecule has 0 saturated carbocycles. The highest BCUT2D eigenvalue weighted by atomic mass is 16.5. The second kappa shape index (κ2) is 6.98. The van der Waals surface area contributed by atoms with E-state index >= 15 is 0 Å². The normalized spacial score (nSPS) is 29.0. The summed E-state index contributed by atoms with van der Waals surface area (Å²) in [6.45, 7) is 6.57. The van der Waals surface area contributed by atoms with Gasteiger partial charge in [0.2, 0.25) is 0 Å². The Bertz CT molecular complexity index is 1190. The molecule has 3 aromatic heterocycles. The Morgan fingerprint density at radius 1 is 1.22 bits per heavy atom. The SMILES string of the molecule is Cc1cc(N2C[C@@H]3[C@H](CO)[C@H]4CN(C(=O)c5ccc6ncnn6c5)C[C@]3(C2)O4)cc(C)n1. The van der Waals surface area contributed by atoms with E-state index < -0.39 is 5.60 Å². The molecule has 2 bridgehead atoms. The van der Waals surface area contributed by atoms with Crippen LogP contribution < -0.4 is 4.90 Å². The van der Waals surface area contributed by atoms with Gasteiger partial charge in [-0.3, -0.25) is 9.78 Å². The monoisotopic (exact) mass is 434 g/mol. The Hall–Kier alpha value is -3.04. The summed E-state index contributed by atoms with van der Waals surface area (Å²) < 4.78 is 8.18. The van der Waals surface area contributed by atoms with Crippen molar-refractivity contribution >= 4 is 17.2 Å². The molecular weight excluding hydrogens is 408 g/mol. The van der Waals surface area contributed by atoms with Gasteiger partial charge in [-0.15, -0.1) is 0 Å². The number of ether oxygens (including phenoxy) is 1. The Morgan fingerprint density at radius 3 is 2.81 bits per heavy atom. The summed E-state index contributed by atoms with van der Waals surface area (Å²) >= 11 is 0. The number of aromatic nitrogens is 4. The lowest BCUT2D eigenvalue weighted by atomic mass is 9.83. The van der Waals surface area contributed by atoms with Crippen LogP contribution in [-0.2, 0) is 4.74 Å². The van der Waals surface area contributed by atoms with Crippen molar-refractivity contribution in [3.05, 3.63) is 53.7 Å². The highest BCUT2D eigenvalue weighted by Gasteiger charge is 2.62. The lowest BCUT2D eigenvalue weighted by molar-refractivity contribution is -0.100. The molecule has 1 spiro atoms. The summed E-state index contributed by atoms with van der Waals surface area (Å²) in [5.41, 5.74) is 3.89. The van der Waals surface area contributed by atoms with Crippen molar-refractivity contribution in [2.24, 2.45) is 11.8 Å². The van der Waals surface area contributed by atoms with Crippen LogP contribution in [0.1, 0.15) is 21.7 Å². The second-order valence-electron chi connectivity index (χ2n) is 9.33. The standard InChI is InChI=1S/C23H26N6O3/c1-14-5-17(6-15(2)26-14)27-8-19-18(10-30)20-9-28(12-23(19,11-27)32-20)22(31)16-3-4-21-24-13-25-29(21)7-16/h3-7,13,18-20,30H,8-12H2,1-2H3/t18-,19+,20+,23-/m0/s1. The van der Waals surface area contributed by atoms with Crippen molar-refractivity contribution in [3.8, 4) is 0 Å². The van der Waals surface area contributed by atoms with Crippen LogP contribution in [-0.4, -0.2) is 80.0 Å². The molecule has 6 heterocycles. The quantitative estimate of drug-likeness (QED) is 0.659. The van der Waals surface area contributed by atoms with Crippen molar-refractivity contribution in [1.82, 2.24) is 24.5 Å². The molecule has 32 heavy (non-hydrogen) atoms. The first-order valence-electron chi connectivity index (χ1n) is 11.0. The maximum Gasteiger partial charge on any atom is 0.255 e. The van der Waals surface area contributed by atoms with Gasteiger partial charge in [0, 0.05) is 61.3 Å². The number of rotatable bonds is 3. The summed E-state index contributed by atoms with van der Waals surface area (Å²) in [7, 11) is 0. The maximum atomic E-state index is 13.4. The van der Waals surface area contributed by atoms with E-state index in [4.69, 9.17) is 4.74 Å². The van der Waals surface area contributed by atoms with E-state index in [0.29, 0.717) is 30.8 Å². The number of aryl methyl sites for hydroxylation is 2. The molecule has 3 aliphatic heterocycles. The van der Waals surface area contributed by atoms with Crippen LogP contribution in [0.2, 0.25) is 0 Å². The summed E-state index contributed by atoms with van der Waals surface area (Å²) in [5.74, 6) is 0.142. The number of nitrogens with zero attached hydrogens (tertiary/aromatic N) is 6. The topological polar surface area (TPSA) is 96.1 Å². The lowest BCUT2D eigenvalue weighted by Gasteiger charge is -2.40. The van der Waals surface area contributed by atoms with Gasteiger partial charge in [0.25, 0.3) is 5.91 Å². The zero-order chi connectivity index (χ0) is 22.0. The van der Waals surface area contributed by atoms with Crippen LogP contribution in [0.15, 0.2) is 36.8 Å². The molecule has 166 valence electrons. The summed E-state index contributed by atoms with van der Waals surface area (Å²) in [6.07, 6.45) is 3.05. The zero-order valence-electron chi connectivity index (χ0n) is 18.2. The van der Waals surface area contributed by atoms with Crippen molar-refractivity contribution in [1.29, 1.82) is 0 Å². The highest BCUT2D eigenvalue weighted by molar-refractivity contribution is 5.94. The molecule has 0 aliphatic carbocycles. The Balaban J connectivity index is 1.31. The number of aliphatic hydroxyl groups excluding tert-OH is 1. The lowest BCUT2D eigenvalue weighted by Crippen LogP contribution is -2.55. The van der Waals surface area contributed by atoms with E-state index in [-0.39, 0.29) is 30.5 Å². The average molecular weight is 435 g/mol. The number of morpholine rings is 1. The van der Waals surface area contributed by atoms with Gasteiger partial charge in [0.15, 0.2) is 5.65 Å². The molecule has 3 aliphatic rings. The average Bonchev–Trinajstić information content (AvgIpc) is 3.42. The van der Waals surface area contributed by atoms with Crippen molar-refractivity contribution in [3.63, 3.8) is 0 Å². The van der Waals surface area contributed by atoms with Crippen LogP contribution >= 0.6 is 0 Å². The third-order valence-electron chi connectivity index (χ3n) is 7.24. The highest BCUT2D eigenvalue weighted by Crippen LogP contribution is 2.50. The molecule has 0 radical (unpaired) electrons. The van der Waals surface area contributed by atoms with E-state index in [0.717, 1.165) is 23.6 Å². The van der Waals surface area contributed by atoms with Crippen LogP contribution in [0, 0.1) is 25.7 Å². The van der Waals surface area contributed by atoms with E-state index in [2.05, 4.69) is 32.1 Å². The summed E-state index contributed by atoms with van der Waals surface area (Å²) in [5, 5.41) is 14.4. The molecule has 9 nitrogen and oxygen atoms in total. The van der Waals surface area contributed by atoms with Crippen LogP contribution in [0.5, 0.6) is 0 Å². The van der Waals surface area contributed by atoms with E-state index in [1.165, 1.54) is 6.33 Å². The predicted octanol–water partition coefficient (Wildman–Crippen LogP) is 1.08. The Labute approximate surface area is 185 Å². The van der Waals surface area contributed by atoms with Gasteiger partial charge in [0.05, 0.1) is 18.2 Å². The fourth-order valence-electron chi connectivity index (χ4n) is 5.91. The molecule has 3 saturated heterocycles. The second-order valence-corrected chi connectivity index (χ2v) is 9.33. The molecule has 4 atom stereocenters. The third-order valence-corrected chi connectivity index (χ3v) is 7.24. The molecule has 3 aromatic rings. The van der Waals surface area contributed by atoms with Crippen LogP contribution in [0.25, 0.3) is 5.65 Å². The maximum absolute atomic E-state index is 13.4. The van der Waals surface area contributed by atoms with E-state index in [1.54, 1.807) is 22.8 Å². The van der Waals surface area contributed by atoms with E-state index in [1.807, 2.05) is 18.7 Å². The van der Waals surface area contributed by atoms with Crippen molar-refractivity contribution < 1.29 is 14.6 Å². The fourth-order valence-corrected chi connectivity index (χ4v) is 5.91. The first-order valence-corrected chi connectivity index (χ1v) is 11.0. The predicted molar refractivity (Wildman–Crippen MR) is 116 cm³/mol. The minimum atomic E-state index is -0.478. The molecule has 1 N–H and O–H groups in total. The van der Waals surface area contributed by atoms with Gasteiger partial charge in [-0.1, -0.05) is 0 Å². The van der Waals surface area contributed by atoms with Crippen molar-refractivity contribution in [2.75, 3.05) is 37.7 Å². The number of amides is 1. The largest absolute Gasteiger partial charge is 0.396 e. The van der Waals surface area contributed by atoms with Crippen LogP contribution in [0.3, 0.4) is 0 Å². The van der Waals surface area contributed by atoms with Gasteiger partial charge < -0.3 is 19.6 Å². The molecule has 0 unspecified atom stereocenters. The first-order chi connectivity index (χ1) is 15.5. The number of hydrogen-bond donors (Lipinski definition) is 1. The molecule has 6 rings (SSSR count). The number of aliphatic hydroxyl groups is 1. The Kier molecular flexibility index (Phi) is 4.28. The summed E-state index contributed by atoms with van der Waals surface area (Å²) in [4.78, 5) is 26.3. The van der Waals surface area contributed by atoms with Crippen LogP contribution in [0.4, 0.5) is 5.69 Å². The van der Waals surface area contributed by atoms with Gasteiger partial charge >= 0.3 is 0 Å². The first kappa shape index (κ1) is 19.6. The van der Waals surface area contributed by atoms with Crippen molar-refractivity contribution in [2.45, 2.75) is 25.6 Å². The minimum absolute atomic E-state index is 0.0135. The van der Waals surface area contributed by atoms with Gasteiger partial charge in [-0.05, 0) is 38.1 Å². The number of pyridine rings is 2. The zero-order valence-corrected chi connectivity index (χ0v) is 18.2. The smallest absolute Gasteiger partial charge is 0.255 e. The Morgan fingerprint density at radius 2 is 2.03 bits per heavy atom. The molecule has 9 heteroatoms. The molecular formula is C23H26N6O3. The van der Waals surface area contributed by atoms with E-state index in [9.17, 15) is 9.90 Å². The number of anilines is 1. The molecule has 3 fully saturated rings. The third kappa shape index (κ3) is 2.91. The number of fused-ring (bicyclic) bond motifs is 2. The van der Waals surface area contributed by atoms with Gasteiger partial charge in [0.1, 0.15) is 11.9 Å². The summed E-state index contributed by atoms with van der Waals surface area (Å²) in [6, 6.07) is 7.79. The fraction of sp³-hybridized carbons (Fsp3) is 0.478. The number of carbonyl (C=O) groups is 1. The number of carbonyl (C=O) groups excluding carboxylic acids is 1. The minimum Gasteiger partial charge on any atom is -0.396 e. The molecule has 1 amide bonds. The van der Waals surface area contributed by atoms with Gasteiger partial charge in [-0.25, -0.2) is 9.50 Å². The van der Waals surface area contributed by atoms with Gasteiger partial charge in [-0.2, -0.15) is 5.10 Å². The number of hydrogen-bond acceptors (Lipinski definition) is 7. The number of likely N-dealkylation sites (tertiary alicyclic amines) is 1.